The quantitative estimate of drug-likeness (QED) is 0.278. The maximum atomic E-state index is 11.4. The fraction of sp³-hybridized carbons (Fsp3) is 1.00. The summed E-state index contributed by atoms with van der Waals surface area (Å²) < 4.78 is 10.4. The Balaban J connectivity index is 0. The van der Waals surface area contributed by atoms with Crippen LogP contribution in [0.2, 0.25) is 0 Å². The molecule has 3 nitrogen and oxygen atoms in total. The van der Waals surface area contributed by atoms with Gasteiger partial charge in [-0.2, -0.15) is 0 Å². The van der Waals surface area contributed by atoms with Gasteiger partial charge in [0.1, 0.15) is 0 Å². The third-order valence-electron chi connectivity index (χ3n) is 3.25. The molecule has 0 spiro atoms. The zero-order chi connectivity index (χ0) is 15.2. The predicted molar refractivity (Wildman–Crippen MR) is 85.4 cm³/mol. The Morgan fingerprint density at radius 2 is 1.10 bits per heavy atom. The Bertz CT molecular complexity index is 184. The molecule has 0 aromatic heterocycles. The van der Waals surface area contributed by atoms with E-state index in [1.54, 1.807) is 0 Å². The number of hydrogen-bond donors (Lipinski definition) is 0. The van der Waals surface area contributed by atoms with E-state index in [-0.39, 0.29) is 29.6 Å². The van der Waals surface area contributed by atoms with Gasteiger partial charge in [-0.25, -0.2) is 0 Å². The minimum absolute atomic E-state index is 0. The van der Waals surface area contributed by atoms with Crippen molar-refractivity contribution in [1.82, 2.24) is 0 Å². The van der Waals surface area contributed by atoms with E-state index >= 15 is 0 Å². The first-order valence-corrected chi connectivity index (χ1v) is 9.35. The largest absolute Gasteiger partial charge is 1.00 e. The molecule has 0 radical (unpaired) electrons. The smallest absolute Gasteiger partial charge is 0.786 e. The molecule has 0 N–H and O–H groups in total. The molecule has 0 saturated carbocycles. The van der Waals surface area contributed by atoms with Gasteiger partial charge in [-0.1, -0.05) is 66.2 Å². The summed E-state index contributed by atoms with van der Waals surface area (Å²) in [4.78, 5) is 11.4. The minimum Gasteiger partial charge on any atom is -0.786 e. The van der Waals surface area contributed by atoms with Crippen molar-refractivity contribution < 1.29 is 43.5 Å². The van der Waals surface area contributed by atoms with Gasteiger partial charge in [0.2, 0.25) is 0 Å². The molecular weight excluding hydrogens is 294 g/mol. The molecule has 0 aromatic rings. The van der Waals surface area contributed by atoms with Crippen LogP contribution in [0.5, 0.6) is 0 Å². The van der Waals surface area contributed by atoms with Crippen molar-refractivity contribution in [2.24, 2.45) is 11.8 Å². The molecule has 0 aliphatic rings. The van der Waals surface area contributed by atoms with Gasteiger partial charge in [0, 0.05) is 0 Å². The van der Waals surface area contributed by atoms with Crippen LogP contribution in [0.25, 0.3) is 0 Å². The van der Waals surface area contributed by atoms with Crippen molar-refractivity contribution >= 4 is 8.60 Å². The Hall–Kier alpha value is 1.31. The van der Waals surface area contributed by atoms with E-state index in [2.05, 4.69) is 27.7 Å². The standard InChI is InChI=1S/C16H34O3P.Na/c1-15(2)11-7-5-9-13-18-20(17)19-14-10-6-8-12-16(3)4;/h15-16H,5-14H2,1-4H3;/q-1;+1. The van der Waals surface area contributed by atoms with Crippen LogP contribution in [0.4, 0.5) is 0 Å². The number of unbranched alkanes of at least 4 members (excludes halogenated alkanes) is 4. The van der Waals surface area contributed by atoms with Crippen LogP contribution in [0.1, 0.15) is 79.1 Å². The van der Waals surface area contributed by atoms with Crippen molar-refractivity contribution in [2.45, 2.75) is 79.1 Å². The van der Waals surface area contributed by atoms with Crippen LogP contribution in [0.15, 0.2) is 0 Å². The molecule has 21 heavy (non-hydrogen) atoms. The van der Waals surface area contributed by atoms with Gasteiger partial charge in [-0.3, -0.25) is 0 Å². The Morgan fingerprint density at radius 1 is 0.714 bits per heavy atom. The second kappa shape index (κ2) is 17.7. The normalized spacial score (nSPS) is 11.4. The van der Waals surface area contributed by atoms with Gasteiger partial charge in [0.05, 0.1) is 21.8 Å². The van der Waals surface area contributed by atoms with E-state index in [1.807, 2.05) is 0 Å². The molecule has 0 heterocycles. The van der Waals surface area contributed by atoms with Crippen molar-refractivity contribution in [3.8, 4) is 0 Å². The maximum Gasteiger partial charge on any atom is 1.00 e. The molecule has 0 unspecified atom stereocenters. The van der Waals surface area contributed by atoms with Gasteiger partial charge >= 0.3 is 29.6 Å². The summed E-state index contributed by atoms with van der Waals surface area (Å²) in [5.41, 5.74) is 0. The molecule has 0 aromatic carbocycles. The van der Waals surface area contributed by atoms with Crippen molar-refractivity contribution in [3.63, 3.8) is 0 Å². The monoisotopic (exact) mass is 328 g/mol. The van der Waals surface area contributed by atoms with E-state index in [4.69, 9.17) is 9.05 Å². The Kier molecular flexibility index (Phi) is 20.7. The van der Waals surface area contributed by atoms with Crippen LogP contribution in [0.3, 0.4) is 0 Å². The van der Waals surface area contributed by atoms with Crippen LogP contribution >= 0.6 is 8.60 Å². The second-order valence-electron chi connectivity index (χ2n) is 6.38. The molecular formula is C16H34NaO3P. The minimum atomic E-state index is -1.90. The van der Waals surface area contributed by atoms with Crippen LogP contribution in [-0.2, 0) is 9.05 Å². The number of rotatable bonds is 14. The molecule has 0 aliphatic carbocycles. The SMILES string of the molecule is CC(C)CCCCCOP([O-])OCCCCCC(C)C.[Na+]. The Labute approximate surface area is 155 Å². The summed E-state index contributed by atoms with van der Waals surface area (Å²) >= 11 is 0. The molecule has 0 saturated heterocycles. The van der Waals surface area contributed by atoms with Crippen molar-refractivity contribution in [3.05, 3.63) is 0 Å². The van der Waals surface area contributed by atoms with Gasteiger partial charge in [-0.15, -0.1) is 0 Å². The summed E-state index contributed by atoms with van der Waals surface area (Å²) in [6.07, 6.45) is 9.24. The topological polar surface area (TPSA) is 41.5 Å². The summed E-state index contributed by atoms with van der Waals surface area (Å²) in [6.45, 7) is 10.1. The van der Waals surface area contributed by atoms with E-state index in [9.17, 15) is 4.89 Å². The predicted octanol–water partition coefficient (Wildman–Crippen LogP) is 2.04. The van der Waals surface area contributed by atoms with E-state index in [0.717, 1.165) is 37.5 Å². The van der Waals surface area contributed by atoms with Gasteiger partial charge < -0.3 is 13.9 Å². The summed E-state index contributed by atoms with van der Waals surface area (Å²) in [5, 5.41) is 0. The first kappa shape index (κ1) is 24.6. The molecule has 0 amide bonds. The van der Waals surface area contributed by atoms with Crippen LogP contribution in [-0.4, -0.2) is 13.2 Å². The van der Waals surface area contributed by atoms with Crippen molar-refractivity contribution in [1.29, 1.82) is 0 Å². The summed E-state index contributed by atoms with van der Waals surface area (Å²) in [7, 11) is -1.90. The summed E-state index contributed by atoms with van der Waals surface area (Å²) in [5.74, 6) is 1.54. The average Bonchev–Trinajstić information content (AvgIpc) is 2.37. The molecule has 0 bridgehead atoms. The molecule has 0 aliphatic heterocycles. The fourth-order valence-corrected chi connectivity index (χ4v) is 2.61. The first-order chi connectivity index (χ1) is 9.52. The zero-order valence-corrected chi connectivity index (χ0v) is 17.8. The fourth-order valence-electron chi connectivity index (χ4n) is 1.98. The number of hydrogen-bond acceptors (Lipinski definition) is 3. The molecule has 5 heteroatoms. The third-order valence-corrected chi connectivity index (χ3v) is 4.03. The average molecular weight is 328 g/mol. The first-order valence-electron chi connectivity index (χ1n) is 8.25. The van der Waals surface area contributed by atoms with E-state index in [1.165, 1.54) is 25.7 Å². The molecule has 122 valence electrons. The second-order valence-corrected chi connectivity index (χ2v) is 7.34. The van der Waals surface area contributed by atoms with Gasteiger partial charge in [0.15, 0.2) is 0 Å². The van der Waals surface area contributed by atoms with Crippen LogP contribution < -0.4 is 34.5 Å². The van der Waals surface area contributed by atoms with Crippen molar-refractivity contribution in [2.75, 3.05) is 13.2 Å². The van der Waals surface area contributed by atoms with Gasteiger partial charge in [0.25, 0.3) is 0 Å². The summed E-state index contributed by atoms with van der Waals surface area (Å²) in [6, 6.07) is 0. The molecule has 0 rings (SSSR count). The van der Waals surface area contributed by atoms with E-state index < -0.39 is 8.60 Å². The maximum absolute atomic E-state index is 11.4. The third kappa shape index (κ3) is 21.3. The molecule has 0 atom stereocenters. The van der Waals surface area contributed by atoms with Crippen LogP contribution in [0, 0.1) is 11.8 Å². The van der Waals surface area contributed by atoms with E-state index in [0.29, 0.717) is 13.2 Å². The van der Waals surface area contributed by atoms with Gasteiger partial charge in [-0.05, 0) is 24.7 Å². The zero-order valence-electron chi connectivity index (χ0n) is 14.9. The Morgan fingerprint density at radius 3 is 1.43 bits per heavy atom. The molecule has 0 fully saturated rings.